The molecule has 0 fully saturated rings. The van der Waals surface area contributed by atoms with Crippen molar-refractivity contribution in [2.75, 3.05) is 18.1 Å². The lowest BCUT2D eigenvalue weighted by Crippen LogP contribution is -2.44. The highest BCUT2D eigenvalue weighted by Crippen LogP contribution is 2.47. The van der Waals surface area contributed by atoms with E-state index in [4.69, 9.17) is 10.00 Å². The highest BCUT2D eigenvalue weighted by atomic mass is 32.2. The number of ether oxygens (including phenoxy) is 1. The van der Waals surface area contributed by atoms with E-state index in [0.717, 1.165) is 21.2 Å². The van der Waals surface area contributed by atoms with Crippen molar-refractivity contribution in [3.8, 4) is 11.8 Å². The molecule has 7 nitrogen and oxygen atoms in total. The van der Waals surface area contributed by atoms with Gasteiger partial charge in [-0.1, -0.05) is 48.2 Å². The van der Waals surface area contributed by atoms with Gasteiger partial charge >= 0.3 is 0 Å². The molecule has 3 aromatic rings. The molecule has 3 aromatic carbocycles. The molecule has 0 bridgehead atoms. The first-order chi connectivity index (χ1) is 15.7. The van der Waals surface area contributed by atoms with Crippen LogP contribution in [-0.2, 0) is 9.59 Å². The number of nitrogens with one attached hydrogen (secondary N) is 2. The van der Waals surface area contributed by atoms with E-state index in [9.17, 15) is 9.59 Å². The van der Waals surface area contributed by atoms with Gasteiger partial charge in [0.15, 0.2) is 6.61 Å². The summed E-state index contributed by atoms with van der Waals surface area (Å²) in [6.07, 6.45) is 0.186. The van der Waals surface area contributed by atoms with Crippen LogP contribution < -0.4 is 20.5 Å². The van der Waals surface area contributed by atoms with Crippen LogP contribution in [0.1, 0.15) is 12.0 Å². The average molecular weight is 445 g/mol. The van der Waals surface area contributed by atoms with Crippen molar-refractivity contribution in [3.05, 3.63) is 78.4 Å². The summed E-state index contributed by atoms with van der Waals surface area (Å²) in [4.78, 5) is 28.7. The Labute approximate surface area is 190 Å². The van der Waals surface area contributed by atoms with Crippen LogP contribution in [0.3, 0.4) is 0 Å². The van der Waals surface area contributed by atoms with Crippen molar-refractivity contribution in [2.45, 2.75) is 16.2 Å². The fraction of sp³-hybridized carbons (Fsp3) is 0.125. The molecule has 0 aromatic heterocycles. The molecule has 1 aliphatic heterocycles. The molecular formula is C24H20N4O3S. The Morgan fingerprint density at radius 2 is 1.47 bits per heavy atom. The second-order valence-corrected chi connectivity index (χ2v) is 8.02. The normalized spacial score (nSPS) is 11.5. The SMILES string of the molecule is N#Cc1ccccc1OCC(=O)NNC(=O)CCN1c2ccccc2Sc2ccccc21. The Kier molecular flexibility index (Phi) is 6.58. The number of nitriles is 1. The van der Waals surface area contributed by atoms with Crippen molar-refractivity contribution >= 4 is 35.0 Å². The minimum absolute atomic E-state index is 0.186. The van der Waals surface area contributed by atoms with Gasteiger partial charge in [0.05, 0.1) is 16.9 Å². The van der Waals surface area contributed by atoms with Crippen LogP contribution in [0.2, 0.25) is 0 Å². The van der Waals surface area contributed by atoms with E-state index in [2.05, 4.69) is 27.9 Å². The maximum Gasteiger partial charge on any atom is 0.276 e. The van der Waals surface area contributed by atoms with Gasteiger partial charge in [0.25, 0.3) is 5.91 Å². The number of hydrogen-bond donors (Lipinski definition) is 2. The molecular weight excluding hydrogens is 424 g/mol. The maximum absolute atomic E-state index is 12.3. The minimum Gasteiger partial charge on any atom is -0.482 e. The molecule has 0 spiro atoms. The summed E-state index contributed by atoms with van der Waals surface area (Å²) in [6, 6.07) is 24.8. The number of fused-ring (bicyclic) bond motifs is 2. The zero-order valence-electron chi connectivity index (χ0n) is 17.1. The zero-order valence-corrected chi connectivity index (χ0v) is 17.9. The summed E-state index contributed by atoms with van der Waals surface area (Å²) >= 11 is 1.71. The molecule has 0 unspecified atom stereocenters. The predicted molar refractivity (Wildman–Crippen MR) is 122 cm³/mol. The van der Waals surface area contributed by atoms with E-state index in [0.29, 0.717) is 17.9 Å². The molecule has 0 atom stereocenters. The molecule has 0 saturated heterocycles. The second-order valence-electron chi connectivity index (χ2n) is 6.93. The lowest BCUT2D eigenvalue weighted by molar-refractivity contribution is -0.129. The molecule has 1 heterocycles. The topological polar surface area (TPSA) is 94.5 Å². The van der Waals surface area contributed by atoms with E-state index in [1.54, 1.807) is 36.0 Å². The first-order valence-corrected chi connectivity index (χ1v) is 10.8. The van der Waals surface area contributed by atoms with Gasteiger partial charge in [-0.3, -0.25) is 20.4 Å². The lowest BCUT2D eigenvalue weighted by Gasteiger charge is -2.32. The Morgan fingerprint density at radius 1 is 0.875 bits per heavy atom. The van der Waals surface area contributed by atoms with Crippen LogP contribution in [-0.4, -0.2) is 25.0 Å². The van der Waals surface area contributed by atoms with Crippen LogP contribution in [0, 0.1) is 11.3 Å². The van der Waals surface area contributed by atoms with Gasteiger partial charge in [0.1, 0.15) is 11.8 Å². The molecule has 8 heteroatoms. The standard InChI is InChI=1S/C24H20N4O3S/c25-15-17-7-1-4-10-20(17)31-16-24(30)27-26-23(29)13-14-28-18-8-2-5-11-21(18)32-22-12-6-3-9-19(22)28/h1-12H,13-14,16H2,(H,26,29)(H,27,30). The van der Waals surface area contributed by atoms with Crippen LogP contribution in [0.5, 0.6) is 5.75 Å². The van der Waals surface area contributed by atoms with Crippen molar-refractivity contribution in [1.29, 1.82) is 5.26 Å². The van der Waals surface area contributed by atoms with Crippen LogP contribution in [0.15, 0.2) is 82.6 Å². The van der Waals surface area contributed by atoms with Gasteiger partial charge < -0.3 is 9.64 Å². The van der Waals surface area contributed by atoms with E-state index in [1.807, 2.05) is 42.5 Å². The summed E-state index contributed by atoms with van der Waals surface area (Å²) in [7, 11) is 0. The summed E-state index contributed by atoms with van der Waals surface area (Å²) in [5.41, 5.74) is 7.21. The van der Waals surface area contributed by atoms with E-state index in [1.165, 1.54) is 0 Å². The number of benzene rings is 3. The Balaban J connectivity index is 1.30. The van der Waals surface area contributed by atoms with Crippen molar-refractivity contribution < 1.29 is 14.3 Å². The highest BCUT2D eigenvalue weighted by Gasteiger charge is 2.23. The summed E-state index contributed by atoms with van der Waals surface area (Å²) < 4.78 is 5.36. The first-order valence-electron chi connectivity index (χ1n) is 9.99. The number of rotatable bonds is 6. The summed E-state index contributed by atoms with van der Waals surface area (Å²) in [5.74, 6) is -0.517. The Hall–Kier alpha value is -3.96. The van der Waals surface area contributed by atoms with Crippen molar-refractivity contribution in [3.63, 3.8) is 0 Å². The van der Waals surface area contributed by atoms with Gasteiger partial charge in [0, 0.05) is 22.8 Å². The number of hydrogen-bond acceptors (Lipinski definition) is 6. The second kappa shape index (κ2) is 9.90. The third-order valence-electron chi connectivity index (χ3n) is 4.80. The number of nitrogens with zero attached hydrogens (tertiary/aromatic N) is 2. The number of carbonyl (C=O) groups excluding carboxylic acids is 2. The van der Waals surface area contributed by atoms with E-state index >= 15 is 0 Å². The molecule has 160 valence electrons. The van der Waals surface area contributed by atoms with E-state index in [-0.39, 0.29) is 18.9 Å². The summed E-state index contributed by atoms with van der Waals surface area (Å²) in [6.45, 7) is 0.144. The number of carbonyl (C=O) groups is 2. The largest absolute Gasteiger partial charge is 0.482 e. The molecule has 2 N–H and O–H groups in total. The third kappa shape index (κ3) is 4.85. The van der Waals surface area contributed by atoms with Crippen LogP contribution in [0.25, 0.3) is 0 Å². The Bertz CT molecular complexity index is 1150. The molecule has 1 aliphatic rings. The molecule has 0 aliphatic carbocycles. The van der Waals surface area contributed by atoms with Gasteiger partial charge in [-0.2, -0.15) is 5.26 Å². The number of para-hydroxylation sites is 3. The maximum atomic E-state index is 12.3. The number of amides is 2. The Morgan fingerprint density at radius 3 is 2.16 bits per heavy atom. The molecule has 32 heavy (non-hydrogen) atoms. The summed E-state index contributed by atoms with van der Waals surface area (Å²) in [5, 5.41) is 9.06. The monoisotopic (exact) mass is 444 g/mol. The third-order valence-corrected chi connectivity index (χ3v) is 5.93. The van der Waals surface area contributed by atoms with Gasteiger partial charge in [0.2, 0.25) is 5.91 Å². The van der Waals surface area contributed by atoms with Crippen molar-refractivity contribution in [1.82, 2.24) is 10.9 Å². The fourth-order valence-corrected chi connectivity index (χ4v) is 4.40. The van der Waals surface area contributed by atoms with Crippen LogP contribution >= 0.6 is 11.8 Å². The highest BCUT2D eigenvalue weighted by molar-refractivity contribution is 7.99. The van der Waals surface area contributed by atoms with Gasteiger partial charge in [-0.05, 0) is 36.4 Å². The van der Waals surface area contributed by atoms with Crippen molar-refractivity contribution in [2.24, 2.45) is 0 Å². The van der Waals surface area contributed by atoms with Gasteiger partial charge in [-0.15, -0.1) is 0 Å². The molecule has 4 rings (SSSR count). The number of hydrazine groups is 1. The van der Waals surface area contributed by atoms with Crippen LogP contribution in [0.4, 0.5) is 11.4 Å². The quantitative estimate of drug-likeness (QED) is 0.562. The molecule has 0 radical (unpaired) electrons. The number of anilines is 2. The first kappa shape index (κ1) is 21.3. The van der Waals surface area contributed by atoms with E-state index < -0.39 is 5.91 Å². The smallest absolute Gasteiger partial charge is 0.276 e. The fourth-order valence-electron chi connectivity index (χ4n) is 3.30. The lowest BCUT2D eigenvalue weighted by atomic mass is 10.2. The molecule has 0 saturated carbocycles. The predicted octanol–water partition coefficient (Wildman–Crippen LogP) is 3.78. The zero-order chi connectivity index (χ0) is 22.3. The minimum atomic E-state index is -0.517. The van der Waals surface area contributed by atoms with Gasteiger partial charge in [-0.25, -0.2) is 0 Å². The average Bonchev–Trinajstić information content (AvgIpc) is 2.84. The molecule has 2 amide bonds.